The molecule has 0 unspecified atom stereocenters. The number of amides is 2. The zero-order valence-corrected chi connectivity index (χ0v) is 12.5. The lowest BCUT2D eigenvalue weighted by Crippen LogP contribution is -2.39. The molecule has 18 heavy (non-hydrogen) atoms. The Kier molecular flexibility index (Phi) is 5.62. The van der Waals surface area contributed by atoms with Crippen LogP contribution < -0.4 is 4.90 Å². The Hall–Kier alpha value is -1.07. The number of carbonyl (C=O) groups excluding carboxylic acids is 2. The highest BCUT2D eigenvalue weighted by molar-refractivity contribution is 9.10. The maximum absolute atomic E-state index is 11.9. The van der Waals surface area contributed by atoms with Crippen molar-refractivity contribution in [3.63, 3.8) is 0 Å². The van der Waals surface area contributed by atoms with Crippen molar-refractivity contribution in [1.29, 1.82) is 0 Å². The number of hydrogen-bond acceptors (Lipinski definition) is 2. The predicted molar refractivity (Wildman–Crippen MR) is 75.9 cm³/mol. The third kappa shape index (κ3) is 3.99. The van der Waals surface area contributed by atoms with Gasteiger partial charge in [-0.1, -0.05) is 15.9 Å². The molecule has 1 aromatic rings. The lowest BCUT2D eigenvalue weighted by atomic mass is 10.3. The monoisotopic (exact) mass is 332 g/mol. The van der Waals surface area contributed by atoms with Crippen LogP contribution in [-0.2, 0) is 9.59 Å². The standard InChI is InChI=1S/C12H14BrClN2O2/c1-15(11(17)7-14)8-12(18)16(2)10-5-3-9(13)4-6-10/h3-6H,7-8H2,1-2H3. The highest BCUT2D eigenvalue weighted by atomic mass is 79.9. The molecule has 1 aromatic carbocycles. The fourth-order valence-electron chi connectivity index (χ4n) is 1.31. The van der Waals surface area contributed by atoms with E-state index >= 15 is 0 Å². The van der Waals surface area contributed by atoms with Gasteiger partial charge < -0.3 is 9.80 Å². The number of benzene rings is 1. The van der Waals surface area contributed by atoms with Gasteiger partial charge in [-0.05, 0) is 24.3 Å². The summed E-state index contributed by atoms with van der Waals surface area (Å²) in [6.07, 6.45) is 0. The Balaban J connectivity index is 2.67. The first-order chi connectivity index (χ1) is 8.45. The maximum Gasteiger partial charge on any atom is 0.246 e. The Morgan fingerprint density at radius 1 is 1.17 bits per heavy atom. The summed E-state index contributed by atoms with van der Waals surface area (Å²) in [6.45, 7) is 0.0120. The van der Waals surface area contributed by atoms with Crippen LogP contribution in [0.3, 0.4) is 0 Å². The van der Waals surface area contributed by atoms with Gasteiger partial charge in [0, 0.05) is 24.3 Å². The number of halogens is 2. The van der Waals surface area contributed by atoms with Gasteiger partial charge in [0.1, 0.15) is 5.88 Å². The minimum atomic E-state index is -0.269. The average molecular weight is 334 g/mol. The van der Waals surface area contributed by atoms with Crippen LogP contribution in [0.5, 0.6) is 0 Å². The number of nitrogens with zero attached hydrogens (tertiary/aromatic N) is 2. The van der Waals surface area contributed by atoms with Gasteiger partial charge in [0.2, 0.25) is 11.8 Å². The number of likely N-dealkylation sites (N-methyl/N-ethyl adjacent to an activating group) is 2. The second-order valence-corrected chi connectivity index (χ2v) is 5.00. The van der Waals surface area contributed by atoms with Crippen LogP contribution in [0.2, 0.25) is 0 Å². The zero-order valence-electron chi connectivity index (χ0n) is 10.2. The smallest absolute Gasteiger partial charge is 0.246 e. The Morgan fingerprint density at radius 3 is 2.22 bits per heavy atom. The third-order valence-corrected chi connectivity index (χ3v) is 3.26. The molecule has 0 fully saturated rings. The molecule has 0 bridgehead atoms. The van der Waals surface area contributed by atoms with Gasteiger partial charge in [-0.2, -0.15) is 0 Å². The van der Waals surface area contributed by atoms with Crippen LogP contribution in [-0.4, -0.2) is 43.2 Å². The van der Waals surface area contributed by atoms with Crippen molar-refractivity contribution in [3.05, 3.63) is 28.7 Å². The quantitative estimate of drug-likeness (QED) is 0.792. The molecule has 4 nitrogen and oxygen atoms in total. The summed E-state index contributed by atoms with van der Waals surface area (Å²) in [5.41, 5.74) is 0.773. The molecule has 0 saturated heterocycles. The van der Waals surface area contributed by atoms with Crippen LogP contribution >= 0.6 is 27.5 Å². The summed E-state index contributed by atoms with van der Waals surface area (Å²) in [5, 5.41) is 0. The summed E-state index contributed by atoms with van der Waals surface area (Å²) >= 11 is 8.75. The van der Waals surface area contributed by atoms with Gasteiger partial charge in [-0.15, -0.1) is 11.6 Å². The predicted octanol–water partition coefficient (Wildman–Crippen LogP) is 2.11. The number of alkyl halides is 1. The summed E-state index contributed by atoms with van der Waals surface area (Å²) in [5.74, 6) is -0.557. The minimum absolute atomic E-state index is 0.0120. The van der Waals surface area contributed by atoms with Crippen LogP contribution in [0.4, 0.5) is 5.69 Å². The second kappa shape index (κ2) is 6.75. The molecule has 0 N–H and O–H groups in total. The van der Waals surface area contributed by atoms with Crippen molar-refractivity contribution >= 4 is 45.0 Å². The lowest BCUT2D eigenvalue weighted by Gasteiger charge is -2.21. The molecule has 0 saturated carbocycles. The summed E-state index contributed by atoms with van der Waals surface area (Å²) < 4.78 is 0.946. The van der Waals surface area contributed by atoms with Crippen molar-refractivity contribution in [3.8, 4) is 0 Å². The Morgan fingerprint density at radius 2 is 1.72 bits per heavy atom. The largest absolute Gasteiger partial charge is 0.335 e. The summed E-state index contributed by atoms with van der Waals surface area (Å²) in [7, 11) is 3.22. The minimum Gasteiger partial charge on any atom is -0.335 e. The first-order valence-electron chi connectivity index (χ1n) is 5.27. The number of hydrogen-bond donors (Lipinski definition) is 0. The van der Waals surface area contributed by atoms with Crippen molar-refractivity contribution in [2.75, 3.05) is 31.4 Å². The van der Waals surface area contributed by atoms with E-state index in [2.05, 4.69) is 15.9 Å². The normalized spacial score (nSPS) is 10.0. The summed E-state index contributed by atoms with van der Waals surface area (Å²) in [6, 6.07) is 7.36. The highest BCUT2D eigenvalue weighted by Gasteiger charge is 2.16. The van der Waals surface area contributed by atoms with E-state index in [1.54, 1.807) is 14.1 Å². The van der Waals surface area contributed by atoms with Gasteiger partial charge in [-0.3, -0.25) is 9.59 Å². The molecular weight excluding hydrogens is 320 g/mol. The highest BCUT2D eigenvalue weighted by Crippen LogP contribution is 2.17. The Labute approximate surface area is 120 Å². The average Bonchev–Trinajstić information content (AvgIpc) is 2.37. The van der Waals surface area contributed by atoms with Crippen LogP contribution in [0, 0.1) is 0 Å². The molecule has 98 valence electrons. The van der Waals surface area contributed by atoms with Gasteiger partial charge in [-0.25, -0.2) is 0 Å². The molecule has 0 aliphatic carbocycles. The molecule has 0 spiro atoms. The van der Waals surface area contributed by atoms with Gasteiger partial charge in [0.15, 0.2) is 0 Å². The number of anilines is 1. The first kappa shape index (κ1) is 15.0. The van der Waals surface area contributed by atoms with Gasteiger partial charge in [0.05, 0.1) is 6.54 Å². The number of carbonyl (C=O) groups is 2. The molecule has 0 heterocycles. The lowest BCUT2D eigenvalue weighted by molar-refractivity contribution is -0.131. The van der Waals surface area contributed by atoms with E-state index in [1.165, 1.54) is 9.80 Å². The summed E-state index contributed by atoms with van der Waals surface area (Å²) in [4.78, 5) is 26.0. The van der Waals surface area contributed by atoms with E-state index in [9.17, 15) is 9.59 Å². The van der Waals surface area contributed by atoms with Crippen LogP contribution in [0.25, 0.3) is 0 Å². The van der Waals surface area contributed by atoms with Crippen molar-refractivity contribution in [2.24, 2.45) is 0 Å². The SMILES string of the molecule is CN(CC(=O)N(C)c1ccc(Br)cc1)C(=O)CCl. The molecular formula is C12H14BrClN2O2. The van der Waals surface area contributed by atoms with E-state index in [4.69, 9.17) is 11.6 Å². The van der Waals surface area contributed by atoms with E-state index in [0.29, 0.717) is 0 Å². The van der Waals surface area contributed by atoms with Crippen LogP contribution in [0.15, 0.2) is 28.7 Å². The molecule has 1 rings (SSSR count). The van der Waals surface area contributed by atoms with E-state index in [1.807, 2.05) is 24.3 Å². The first-order valence-corrected chi connectivity index (χ1v) is 6.60. The van der Waals surface area contributed by atoms with E-state index < -0.39 is 0 Å². The Bertz CT molecular complexity index is 436. The van der Waals surface area contributed by atoms with Crippen molar-refractivity contribution in [1.82, 2.24) is 4.90 Å². The van der Waals surface area contributed by atoms with Crippen molar-refractivity contribution < 1.29 is 9.59 Å². The van der Waals surface area contributed by atoms with Gasteiger partial charge >= 0.3 is 0 Å². The molecule has 0 radical (unpaired) electrons. The number of rotatable bonds is 4. The van der Waals surface area contributed by atoms with E-state index in [0.717, 1.165) is 10.2 Å². The van der Waals surface area contributed by atoms with Crippen molar-refractivity contribution in [2.45, 2.75) is 0 Å². The van der Waals surface area contributed by atoms with E-state index in [-0.39, 0.29) is 24.2 Å². The fourth-order valence-corrected chi connectivity index (χ4v) is 1.78. The molecule has 0 aromatic heterocycles. The second-order valence-electron chi connectivity index (χ2n) is 3.81. The topological polar surface area (TPSA) is 40.6 Å². The third-order valence-electron chi connectivity index (χ3n) is 2.50. The maximum atomic E-state index is 11.9. The molecule has 0 atom stereocenters. The molecule has 6 heteroatoms. The van der Waals surface area contributed by atoms with Crippen LogP contribution in [0.1, 0.15) is 0 Å². The molecule has 0 aliphatic rings. The fraction of sp³-hybridized carbons (Fsp3) is 0.333. The van der Waals surface area contributed by atoms with Gasteiger partial charge in [0.25, 0.3) is 0 Å². The molecule has 0 aliphatic heterocycles. The molecule has 2 amide bonds. The zero-order chi connectivity index (χ0) is 13.7.